The van der Waals surface area contributed by atoms with Crippen LogP contribution in [0.3, 0.4) is 0 Å². The zero-order valence-corrected chi connectivity index (χ0v) is 9.74. The second-order valence-electron chi connectivity index (χ2n) is 4.40. The van der Waals surface area contributed by atoms with Crippen molar-refractivity contribution in [3.8, 4) is 0 Å². The quantitative estimate of drug-likeness (QED) is 0.842. The highest BCUT2D eigenvalue weighted by molar-refractivity contribution is 5.05. The minimum absolute atomic E-state index is 0.113. The van der Waals surface area contributed by atoms with E-state index in [0.29, 0.717) is 31.9 Å². The van der Waals surface area contributed by atoms with E-state index in [4.69, 9.17) is 10.2 Å². The summed E-state index contributed by atoms with van der Waals surface area (Å²) in [6.07, 6.45) is -0.250. The van der Waals surface area contributed by atoms with Crippen molar-refractivity contribution in [2.45, 2.75) is 39.0 Å². The van der Waals surface area contributed by atoms with Gasteiger partial charge in [0, 0.05) is 19.1 Å². The second-order valence-corrected chi connectivity index (χ2v) is 4.40. The number of oxazole rings is 1. The van der Waals surface area contributed by atoms with Gasteiger partial charge in [0.25, 0.3) is 0 Å². The highest BCUT2D eigenvalue weighted by Crippen LogP contribution is 2.22. The minimum atomic E-state index is -0.772. The Bertz CT molecular complexity index is 347. The van der Waals surface area contributed by atoms with Crippen molar-refractivity contribution in [3.63, 3.8) is 0 Å². The first-order valence-electron chi connectivity index (χ1n) is 5.61. The fourth-order valence-electron chi connectivity index (χ4n) is 2.14. The van der Waals surface area contributed by atoms with E-state index in [0.717, 1.165) is 11.5 Å². The number of nitrogens with zero attached hydrogens (tertiary/aromatic N) is 2. The van der Waals surface area contributed by atoms with Crippen LogP contribution in [-0.2, 0) is 6.54 Å². The molecule has 0 amide bonds. The number of aryl methyl sites for hydroxylation is 2. The third-order valence-corrected chi connectivity index (χ3v) is 3.16. The van der Waals surface area contributed by atoms with Gasteiger partial charge in [-0.15, -0.1) is 0 Å². The normalized spacial score (nSPS) is 26.5. The van der Waals surface area contributed by atoms with Crippen LogP contribution < -0.4 is 5.73 Å². The van der Waals surface area contributed by atoms with Gasteiger partial charge in [-0.2, -0.15) is 0 Å². The SMILES string of the molecule is Cc1nc(CN2C[C@H](F)C[C@@H]2CN)oc1C. The zero-order chi connectivity index (χ0) is 11.7. The Kier molecular flexibility index (Phi) is 3.25. The molecule has 2 atom stereocenters. The monoisotopic (exact) mass is 227 g/mol. The smallest absolute Gasteiger partial charge is 0.208 e. The summed E-state index contributed by atoms with van der Waals surface area (Å²) in [4.78, 5) is 6.31. The molecule has 0 unspecified atom stereocenters. The van der Waals surface area contributed by atoms with E-state index in [2.05, 4.69) is 4.98 Å². The molecule has 0 saturated carbocycles. The molecular formula is C11H18FN3O. The van der Waals surface area contributed by atoms with Gasteiger partial charge in [0.1, 0.15) is 11.9 Å². The summed E-state index contributed by atoms with van der Waals surface area (Å²) >= 11 is 0. The number of likely N-dealkylation sites (tertiary alicyclic amines) is 1. The number of nitrogens with two attached hydrogens (primary N) is 1. The van der Waals surface area contributed by atoms with E-state index in [1.54, 1.807) is 0 Å². The molecule has 1 aromatic rings. The third-order valence-electron chi connectivity index (χ3n) is 3.16. The van der Waals surface area contributed by atoms with E-state index >= 15 is 0 Å². The Morgan fingerprint density at radius 2 is 2.31 bits per heavy atom. The van der Waals surface area contributed by atoms with Crippen LogP contribution in [0.15, 0.2) is 4.42 Å². The lowest BCUT2D eigenvalue weighted by atomic mass is 10.2. The molecule has 1 aromatic heterocycles. The van der Waals surface area contributed by atoms with Crippen LogP contribution in [0, 0.1) is 13.8 Å². The Balaban J connectivity index is 2.03. The van der Waals surface area contributed by atoms with E-state index in [1.165, 1.54) is 0 Å². The number of aromatic nitrogens is 1. The minimum Gasteiger partial charge on any atom is -0.444 e. The maximum atomic E-state index is 13.2. The maximum absolute atomic E-state index is 13.2. The molecule has 4 nitrogen and oxygen atoms in total. The summed E-state index contributed by atoms with van der Waals surface area (Å²) in [5, 5.41) is 0. The van der Waals surface area contributed by atoms with Crippen molar-refractivity contribution in [3.05, 3.63) is 17.3 Å². The van der Waals surface area contributed by atoms with E-state index < -0.39 is 6.17 Å². The first kappa shape index (κ1) is 11.5. The molecule has 0 spiro atoms. The Hall–Kier alpha value is -0.940. The fraction of sp³-hybridized carbons (Fsp3) is 0.727. The van der Waals surface area contributed by atoms with Gasteiger partial charge in [-0.25, -0.2) is 9.37 Å². The Labute approximate surface area is 94.6 Å². The molecule has 0 aliphatic carbocycles. The summed E-state index contributed by atoms with van der Waals surface area (Å²) in [5.41, 5.74) is 6.51. The largest absolute Gasteiger partial charge is 0.444 e. The lowest BCUT2D eigenvalue weighted by molar-refractivity contribution is 0.215. The first-order chi connectivity index (χ1) is 7.60. The van der Waals surface area contributed by atoms with Crippen LogP contribution in [-0.4, -0.2) is 35.2 Å². The lowest BCUT2D eigenvalue weighted by Gasteiger charge is -2.20. The Morgan fingerprint density at radius 1 is 1.56 bits per heavy atom. The number of hydrogen-bond donors (Lipinski definition) is 1. The molecule has 0 bridgehead atoms. The molecule has 1 saturated heterocycles. The van der Waals surface area contributed by atoms with Crippen molar-refractivity contribution in [2.24, 2.45) is 5.73 Å². The first-order valence-corrected chi connectivity index (χ1v) is 5.61. The van der Waals surface area contributed by atoms with Crippen LogP contribution in [0.25, 0.3) is 0 Å². The van der Waals surface area contributed by atoms with E-state index in [9.17, 15) is 4.39 Å². The topological polar surface area (TPSA) is 55.3 Å². The summed E-state index contributed by atoms with van der Waals surface area (Å²) in [5.74, 6) is 1.48. The molecule has 0 radical (unpaired) electrons. The summed E-state index contributed by atoms with van der Waals surface area (Å²) in [6.45, 7) is 5.26. The van der Waals surface area contributed by atoms with Gasteiger partial charge >= 0.3 is 0 Å². The fourth-order valence-corrected chi connectivity index (χ4v) is 2.14. The summed E-state index contributed by atoms with van der Waals surface area (Å²) < 4.78 is 18.7. The van der Waals surface area contributed by atoms with Gasteiger partial charge in [-0.3, -0.25) is 4.90 Å². The summed E-state index contributed by atoms with van der Waals surface area (Å²) in [6, 6.07) is 0.113. The zero-order valence-electron chi connectivity index (χ0n) is 9.74. The van der Waals surface area contributed by atoms with E-state index in [1.807, 2.05) is 18.7 Å². The molecular weight excluding hydrogens is 209 g/mol. The van der Waals surface area contributed by atoms with Crippen LogP contribution in [0.1, 0.15) is 23.8 Å². The van der Waals surface area contributed by atoms with Crippen molar-refractivity contribution >= 4 is 0 Å². The molecule has 2 N–H and O–H groups in total. The van der Waals surface area contributed by atoms with Crippen molar-refractivity contribution in [1.82, 2.24) is 9.88 Å². The van der Waals surface area contributed by atoms with Crippen LogP contribution in [0.5, 0.6) is 0 Å². The number of halogens is 1. The maximum Gasteiger partial charge on any atom is 0.208 e. The molecule has 2 rings (SSSR count). The van der Waals surface area contributed by atoms with Gasteiger partial charge in [0.2, 0.25) is 5.89 Å². The second kappa shape index (κ2) is 4.51. The van der Waals surface area contributed by atoms with Crippen LogP contribution in [0.4, 0.5) is 4.39 Å². The number of rotatable bonds is 3. The average molecular weight is 227 g/mol. The van der Waals surface area contributed by atoms with Crippen molar-refractivity contribution < 1.29 is 8.81 Å². The van der Waals surface area contributed by atoms with Gasteiger partial charge in [-0.05, 0) is 20.3 Å². The molecule has 1 fully saturated rings. The lowest BCUT2D eigenvalue weighted by Crippen LogP contribution is -2.35. The van der Waals surface area contributed by atoms with Crippen LogP contribution >= 0.6 is 0 Å². The predicted octanol–water partition coefficient (Wildman–Crippen LogP) is 1.16. The number of alkyl halides is 1. The summed E-state index contributed by atoms with van der Waals surface area (Å²) in [7, 11) is 0. The Morgan fingerprint density at radius 3 is 2.88 bits per heavy atom. The molecule has 1 aliphatic rings. The third kappa shape index (κ3) is 2.25. The van der Waals surface area contributed by atoms with Gasteiger partial charge in [0.15, 0.2) is 0 Å². The van der Waals surface area contributed by atoms with Crippen molar-refractivity contribution in [1.29, 1.82) is 0 Å². The van der Waals surface area contributed by atoms with Gasteiger partial charge in [-0.1, -0.05) is 0 Å². The molecule has 1 aliphatic heterocycles. The average Bonchev–Trinajstić information content (AvgIpc) is 2.72. The standard InChI is InChI=1S/C11H18FN3O/c1-7-8(2)16-11(14-7)6-15-5-9(12)3-10(15)4-13/h9-10H,3-6,13H2,1-2H3/t9-,10-/m1/s1. The molecule has 2 heterocycles. The molecule has 16 heavy (non-hydrogen) atoms. The number of hydrogen-bond acceptors (Lipinski definition) is 4. The highest BCUT2D eigenvalue weighted by atomic mass is 19.1. The predicted molar refractivity (Wildman–Crippen MR) is 58.7 cm³/mol. The van der Waals surface area contributed by atoms with E-state index in [-0.39, 0.29) is 6.04 Å². The molecule has 5 heteroatoms. The van der Waals surface area contributed by atoms with Gasteiger partial charge in [0.05, 0.1) is 12.2 Å². The highest BCUT2D eigenvalue weighted by Gasteiger charge is 2.31. The molecule has 90 valence electrons. The van der Waals surface area contributed by atoms with Gasteiger partial charge < -0.3 is 10.2 Å². The van der Waals surface area contributed by atoms with Crippen LogP contribution in [0.2, 0.25) is 0 Å². The van der Waals surface area contributed by atoms with Crippen molar-refractivity contribution in [2.75, 3.05) is 13.1 Å². The molecule has 0 aromatic carbocycles.